The molecular formula is C12H12N2O2. The Kier molecular flexibility index (Phi) is 3.00. The molecule has 0 fully saturated rings. The van der Waals surface area contributed by atoms with Gasteiger partial charge in [-0.1, -0.05) is 0 Å². The van der Waals surface area contributed by atoms with Crippen LogP contribution >= 0.6 is 0 Å². The van der Waals surface area contributed by atoms with E-state index in [-0.39, 0.29) is 0 Å². The Balaban J connectivity index is 2.58. The second-order valence-electron chi connectivity index (χ2n) is 3.13. The first kappa shape index (κ1) is 10.4. The maximum Gasteiger partial charge on any atom is 0.145 e. The molecule has 2 heterocycles. The van der Waals surface area contributed by atoms with E-state index in [0.717, 1.165) is 17.0 Å². The molecule has 0 aliphatic rings. The van der Waals surface area contributed by atoms with Gasteiger partial charge in [-0.2, -0.15) is 0 Å². The zero-order chi connectivity index (χ0) is 11.4. The van der Waals surface area contributed by atoms with Crippen molar-refractivity contribution in [3.05, 3.63) is 36.8 Å². The van der Waals surface area contributed by atoms with Gasteiger partial charge in [-0.05, 0) is 18.2 Å². The number of rotatable bonds is 3. The fraction of sp³-hybridized carbons (Fsp3) is 0.167. The van der Waals surface area contributed by atoms with Crippen LogP contribution in [-0.4, -0.2) is 24.2 Å². The van der Waals surface area contributed by atoms with Gasteiger partial charge in [0, 0.05) is 18.6 Å². The number of aromatic nitrogens is 2. The first-order valence-corrected chi connectivity index (χ1v) is 4.84. The van der Waals surface area contributed by atoms with Crippen LogP contribution in [0.1, 0.15) is 0 Å². The summed E-state index contributed by atoms with van der Waals surface area (Å²) in [4.78, 5) is 8.35. The van der Waals surface area contributed by atoms with Gasteiger partial charge >= 0.3 is 0 Å². The Hall–Kier alpha value is -2.10. The quantitative estimate of drug-likeness (QED) is 0.788. The third-order valence-corrected chi connectivity index (χ3v) is 2.25. The molecule has 2 rings (SSSR count). The highest BCUT2D eigenvalue weighted by atomic mass is 16.5. The first-order valence-electron chi connectivity index (χ1n) is 4.84. The highest BCUT2D eigenvalue weighted by Crippen LogP contribution is 2.33. The number of hydrogen-bond donors (Lipinski definition) is 0. The molecule has 2 aromatic heterocycles. The monoisotopic (exact) mass is 216 g/mol. The van der Waals surface area contributed by atoms with Crippen molar-refractivity contribution >= 4 is 0 Å². The summed E-state index contributed by atoms with van der Waals surface area (Å²) in [6.45, 7) is 0. The Morgan fingerprint density at radius 1 is 1.00 bits per heavy atom. The van der Waals surface area contributed by atoms with Crippen molar-refractivity contribution in [1.29, 1.82) is 0 Å². The molecular weight excluding hydrogens is 204 g/mol. The molecule has 0 N–H and O–H groups in total. The van der Waals surface area contributed by atoms with Gasteiger partial charge in [-0.15, -0.1) is 0 Å². The number of nitrogens with zero attached hydrogens (tertiary/aromatic N) is 2. The maximum atomic E-state index is 5.26. The van der Waals surface area contributed by atoms with Crippen molar-refractivity contribution in [2.45, 2.75) is 0 Å². The van der Waals surface area contributed by atoms with Crippen molar-refractivity contribution in [2.75, 3.05) is 14.2 Å². The lowest BCUT2D eigenvalue weighted by molar-refractivity contribution is 0.408. The number of hydrogen-bond acceptors (Lipinski definition) is 4. The fourth-order valence-corrected chi connectivity index (χ4v) is 1.50. The molecule has 16 heavy (non-hydrogen) atoms. The average Bonchev–Trinajstić information content (AvgIpc) is 2.38. The Labute approximate surface area is 93.9 Å². The molecule has 0 aliphatic heterocycles. The van der Waals surface area contributed by atoms with E-state index >= 15 is 0 Å². The van der Waals surface area contributed by atoms with Gasteiger partial charge in [0.1, 0.15) is 17.2 Å². The zero-order valence-electron chi connectivity index (χ0n) is 9.18. The van der Waals surface area contributed by atoms with Gasteiger partial charge in [0.05, 0.1) is 19.8 Å². The Morgan fingerprint density at radius 3 is 2.56 bits per heavy atom. The van der Waals surface area contributed by atoms with E-state index in [9.17, 15) is 0 Å². The predicted octanol–water partition coefficient (Wildman–Crippen LogP) is 2.16. The molecule has 0 aromatic carbocycles. The SMILES string of the molecule is COc1ccncc1-c1ncccc1OC. The molecule has 0 spiro atoms. The molecule has 4 heteroatoms. The third kappa shape index (κ3) is 1.82. The van der Waals surface area contributed by atoms with Crippen LogP contribution in [0.3, 0.4) is 0 Å². The Bertz CT molecular complexity index is 440. The molecule has 0 unspecified atom stereocenters. The van der Waals surface area contributed by atoms with Crippen molar-refractivity contribution in [3.8, 4) is 22.8 Å². The largest absolute Gasteiger partial charge is 0.496 e. The van der Waals surface area contributed by atoms with Crippen LogP contribution in [-0.2, 0) is 0 Å². The molecule has 2 aromatic rings. The molecule has 82 valence electrons. The van der Waals surface area contributed by atoms with Crippen LogP contribution in [0.2, 0.25) is 0 Å². The summed E-state index contributed by atoms with van der Waals surface area (Å²) in [7, 11) is 3.23. The van der Waals surface area contributed by atoms with Crippen molar-refractivity contribution in [1.82, 2.24) is 9.97 Å². The number of ether oxygens (including phenoxy) is 2. The van der Waals surface area contributed by atoms with Gasteiger partial charge < -0.3 is 9.47 Å². The van der Waals surface area contributed by atoms with Gasteiger partial charge in [0.15, 0.2) is 0 Å². The average molecular weight is 216 g/mol. The van der Waals surface area contributed by atoms with Gasteiger partial charge in [-0.3, -0.25) is 9.97 Å². The van der Waals surface area contributed by atoms with Crippen LogP contribution < -0.4 is 9.47 Å². The van der Waals surface area contributed by atoms with E-state index in [4.69, 9.17) is 9.47 Å². The summed E-state index contributed by atoms with van der Waals surface area (Å²) in [5.74, 6) is 1.43. The van der Waals surface area contributed by atoms with Gasteiger partial charge in [-0.25, -0.2) is 0 Å². The second kappa shape index (κ2) is 4.61. The molecule has 0 aliphatic carbocycles. The maximum absolute atomic E-state index is 5.26. The van der Waals surface area contributed by atoms with E-state index in [0.29, 0.717) is 5.75 Å². The van der Waals surface area contributed by atoms with Gasteiger partial charge in [0.2, 0.25) is 0 Å². The second-order valence-corrected chi connectivity index (χ2v) is 3.13. The fourth-order valence-electron chi connectivity index (χ4n) is 1.50. The van der Waals surface area contributed by atoms with E-state index in [1.54, 1.807) is 38.9 Å². The summed E-state index contributed by atoms with van der Waals surface area (Å²) < 4.78 is 10.5. The summed E-state index contributed by atoms with van der Waals surface area (Å²) in [6.07, 6.45) is 5.10. The third-order valence-electron chi connectivity index (χ3n) is 2.25. The van der Waals surface area contributed by atoms with E-state index < -0.39 is 0 Å². The Morgan fingerprint density at radius 2 is 1.81 bits per heavy atom. The summed E-state index contributed by atoms with van der Waals surface area (Å²) in [5, 5.41) is 0. The van der Waals surface area contributed by atoms with E-state index in [2.05, 4.69) is 9.97 Å². The standard InChI is InChI=1S/C12H12N2O2/c1-15-10-5-7-13-8-9(10)12-11(16-2)4-3-6-14-12/h3-8H,1-2H3. The lowest BCUT2D eigenvalue weighted by atomic mass is 10.1. The molecule has 0 saturated heterocycles. The minimum absolute atomic E-state index is 0.703. The lowest BCUT2D eigenvalue weighted by Crippen LogP contribution is -1.94. The lowest BCUT2D eigenvalue weighted by Gasteiger charge is -2.09. The smallest absolute Gasteiger partial charge is 0.145 e. The van der Waals surface area contributed by atoms with Crippen LogP contribution in [0.15, 0.2) is 36.8 Å². The van der Waals surface area contributed by atoms with E-state index in [1.165, 1.54) is 0 Å². The van der Waals surface area contributed by atoms with Crippen molar-refractivity contribution in [2.24, 2.45) is 0 Å². The first-order chi connectivity index (χ1) is 7.86. The number of pyridine rings is 2. The molecule has 0 radical (unpaired) electrons. The van der Waals surface area contributed by atoms with Crippen LogP contribution in [0, 0.1) is 0 Å². The minimum Gasteiger partial charge on any atom is -0.496 e. The molecule has 0 bridgehead atoms. The summed E-state index contributed by atoms with van der Waals surface area (Å²) >= 11 is 0. The molecule has 0 atom stereocenters. The zero-order valence-corrected chi connectivity index (χ0v) is 9.18. The highest BCUT2D eigenvalue weighted by Gasteiger charge is 2.11. The van der Waals surface area contributed by atoms with Crippen LogP contribution in [0.25, 0.3) is 11.3 Å². The minimum atomic E-state index is 0.703. The van der Waals surface area contributed by atoms with Gasteiger partial charge in [0.25, 0.3) is 0 Å². The molecule has 0 amide bonds. The normalized spacial score (nSPS) is 9.88. The van der Waals surface area contributed by atoms with Crippen molar-refractivity contribution < 1.29 is 9.47 Å². The summed E-state index contributed by atoms with van der Waals surface area (Å²) in [6, 6.07) is 5.48. The van der Waals surface area contributed by atoms with Crippen LogP contribution in [0.4, 0.5) is 0 Å². The van der Waals surface area contributed by atoms with E-state index in [1.807, 2.05) is 12.1 Å². The molecule has 0 saturated carbocycles. The number of methoxy groups -OCH3 is 2. The molecule has 4 nitrogen and oxygen atoms in total. The highest BCUT2D eigenvalue weighted by molar-refractivity contribution is 5.71. The van der Waals surface area contributed by atoms with Crippen LogP contribution in [0.5, 0.6) is 11.5 Å². The topological polar surface area (TPSA) is 44.2 Å². The van der Waals surface area contributed by atoms with Crippen molar-refractivity contribution in [3.63, 3.8) is 0 Å². The predicted molar refractivity (Wildman–Crippen MR) is 60.6 cm³/mol. The summed E-state index contributed by atoms with van der Waals surface area (Å²) in [5.41, 5.74) is 1.55.